The minimum Gasteiger partial charge on any atom is -0.349 e. The molecule has 78 valence electrons. The smallest absolute Gasteiger partial charge is 0.195 e. The van der Waals surface area contributed by atoms with Crippen molar-refractivity contribution >= 4 is 12.4 Å². The molecule has 0 saturated carbocycles. The fraction of sp³-hybridized carbons (Fsp3) is 0.250. The summed E-state index contributed by atoms with van der Waals surface area (Å²) in [5.74, 6) is 0. The lowest BCUT2D eigenvalue weighted by molar-refractivity contribution is -0.122. The van der Waals surface area contributed by atoms with Gasteiger partial charge in [-0.2, -0.15) is 0 Å². The van der Waals surface area contributed by atoms with Crippen LogP contribution < -0.4 is 5.32 Å². The number of carbonyl (C=O) groups is 1. The molecule has 1 aliphatic heterocycles. The zero-order chi connectivity index (χ0) is 10.6. The Balaban J connectivity index is 2.13. The van der Waals surface area contributed by atoms with Gasteiger partial charge in [0.1, 0.15) is 0 Å². The zero-order valence-corrected chi connectivity index (χ0v) is 8.35. The highest BCUT2D eigenvalue weighted by Gasteiger charge is 2.31. The SMILES string of the molecule is O=CC1(C=Cc2ccccc2)NCCO1. The summed E-state index contributed by atoms with van der Waals surface area (Å²) in [5, 5.41) is 3.01. The van der Waals surface area contributed by atoms with Crippen molar-refractivity contribution < 1.29 is 9.53 Å². The molecular formula is C12H13NO2. The van der Waals surface area contributed by atoms with Crippen LogP contribution in [-0.2, 0) is 9.53 Å². The lowest BCUT2D eigenvalue weighted by Gasteiger charge is -2.16. The van der Waals surface area contributed by atoms with Crippen LogP contribution in [0.4, 0.5) is 0 Å². The van der Waals surface area contributed by atoms with Gasteiger partial charge in [0.2, 0.25) is 0 Å². The normalized spacial score (nSPS) is 25.9. The number of aldehydes is 1. The number of carbonyl (C=O) groups excluding carboxylic acids is 1. The molecule has 1 saturated heterocycles. The Bertz CT molecular complexity index is 353. The van der Waals surface area contributed by atoms with Gasteiger partial charge in [-0.3, -0.25) is 10.1 Å². The van der Waals surface area contributed by atoms with E-state index in [4.69, 9.17) is 4.74 Å². The van der Waals surface area contributed by atoms with E-state index in [9.17, 15) is 4.79 Å². The van der Waals surface area contributed by atoms with Gasteiger partial charge in [-0.05, 0) is 11.6 Å². The van der Waals surface area contributed by atoms with Gasteiger partial charge in [0.05, 0.1) is 6.61 Å². The first-order valence-electron chi connectivity index (χ1n) is 4.94. The van der Waals surface area contributed by atoms with Crippen LogP contribution in [0.1, 0.15) is 5.56 Å². The van der Waals surface area contributed by atoms with Gasteiger partial charge in [-0.1, -0.05) is 36.4 Å². The van der Waals surface area contributed by atoms with Crippen LogP contribution in [-0.4, -0.2) is 25.2 Å². The van der Waals surface area contributed by atoms with Crippen LogP contribution in [0, 0.1) is 0 Å². The molecule has 1 N–H and O–H groups in total. The highest BCUT2D eigenvalue weighted by atomic mass is 16.5. The molecule has 0 aliphatic carbocycles. The average molecular weight is 203 g/mol. The third-order valence-electron chi connectivity index (χ3n) is 2.34. The first-order chi connectivity index (χ1) is 7.35. The van der Waals surface area contributed by atoms with Gasteiger partial charge >= 0.3 is 0 Å². The molecule has 1 aromatic rings. The largest absolute Gasteiger partial charge is 0.349 e. The molecule has 1 unspecified atom stereocenters. The van der Waals surface area contributed by atoms with Gasteiger partial charge in [0.15, 0.2) is 12.0 Å². The molecule has 2 rings (SSSR count). The highest BCUT2D eigenvalue weighted by Crippen LogP contribution is 2.13. The van der Waals surface area contributed by atoms with E-state index in [1.807, 2.05) is 36.4 Å². The molecule has 0 spiro atoms. The van der Waals surface area contributed by atoms with E-state index >= 15 is 0 Å². The Morgan fingerprint density at radius 1 is 1.33 bits per heavy atom. The van der Waals surface area contributed by atoms with Crippen LogP contribution in [0.25, 0.3) is 6.08 Å². The van der Waals surface area contributed by atoms with Crippen molar-refractivity contribution in [3.63, 3.8) is 0 Å². The summed E-state index contributed by atoms with van der Waals surface area (Å²) in [6, 6.07) is 9.82. The summed E-state index contributed by atoms with van der Waals surface area (Å²) >= 11 is 0. The number of rotatable bonds is 3. The van der Waals surface area contributed by atoms with E-state index in [2.05, 4.69) is 5.32 Å². The maximum absolute atomic E-state index is 10.9. The fourth-order valence-electron chi connectivity index (χ4n) is 1.52. The van der Waals surface area contributed by atoms with Gasteiger partial charge in [0.25, 0.3) is 0 Å². The van der Waals surface area contributed by atoms with Crippen LogP contribution in [0.2, 0.25) is 0 Å². The highest BCUT2D eigenvalue weighted by molar-refractivity contribution is 5.69. The molecule has 0 aromatic heterocycles. The van der Waals surface area contributed by atoms with Crippen molar-refractivity contribution in [2.45, 2.75) is 5.72 Å². The summed E-state index contributed by atoms with van der Waals surface area (Å²) in [4.78, 5) is 10.9. The number of ether oxygens (including phenoxy) is 1. The van der Waals surface area contributed by atoms with Gasteiger partial charge in [-0.15, -0.1) is 0 Å². The first-order valence-corrected chi connectivity index (χ1v) is 4.94. The lowest BCUT2D eigenvalue weighted by Crippen LogP contribution is -2.40. The first kappa shape index (κ1) is 10.1. The second-order valence-corrected chi connectivity index (χ2v) is 3.43. The molecule has 1 atom stereocenters. The predicted octanol–water partition coefficient (Wildman–Crippen LogP) is 1.21. The monoisotopic (exact) mass is 203 g/mol. The van der Waals surface area contributed by atoms with Gasteiger partial charge in [-0.25, -0.2) is 0 Å². The molecule has 1 heterocycles. The molecule has 3 nitrogen and oxygen atoms in total. The molecule has 1 fully saturated rings. The van der Waals surface area contributed by atoms with Gasteiger partial charge in [0, 0.05) is 6.54 Å². The number of hydrogen-bond acceptors (Lipinski definition) is 3. The Morgan fingerprint density at radius 3 is 2.73 bits per heavy atom. The van der Waals surface area contributed by atoms with Crippen molar-refractivity contribution in [2.24, 2.45) is 0 Å². The van der Waals surface area contributed by atoms with Crippen LogP contribution in [0.5, 0.6) is 0 Å². The van der Waals surface area contributed by atoms with Crippen molar-refractivity contribution in [1.82, 2.24) is 5.32 Å². The second kappa shape index (κ2) is 4.38. The Morgan fingerprint density at radius 2 is 2.13 bits per heavy atom. The van der Waals surface area contributed by atoms with E-state index in [1.54, 1.807) is 6.08 Å². The van der Waals surface area contributed by atoms with Crippen molar-refractivity contribution in [3.8, 4) is 0 Å². The van der Waals surface area contributed by atoms with Crippen LogP contribution >= 0.6 is 0 Å². The average Bonchev–Trinajstić information content (AvgIpc) is 2.77. The molecule has 0 bridgehead atoms. The summed E-state index contributed by atoms with van der Waals surface area (Å²) in [6.45, 7) is 1.27. The molecule has 15 heavy (non-hydrogen) atoms. The van der Waals surface area contributed by atoms with Crippen molar-refractivity contribution in [3.05, 3.63) is 42.0 Å². The molecule has 1 aliphatic rings. The fourth-order valence-corrected chi connectivity index (χ4v) is 1.52. The maximum atomic E-state index is 10.9. The number of benzene rings is 1. The predicted molar refractivity (Wildman–Crippen MR) is 58.2 cm³/mol. The third kappa shape index (κ3) is 2.32. The van der Waals surface area contributed by atoms with Crippen LogP contribution in [0.3, 0.4) is 0 Å². The van der Waals surface area contributed by atoms with Crippen molar-refractivity contribution in [1.29, 1.82) is 0 Å². The maximum Gasteiger partial charge on any atom is 0.195 e. The lowest BCUT2D eigenvalue weighted by atomic mass is 10.1. The summed E-state index contributed by atoms with van der Waals surface area (Å²) < 4.78 is 5.35. The van der Waals surface area contributed by atoms with E-state index < -0.39 is 5.72 Å². The summed E-state index contributed by atoms with van der Waals surface area (Å²) in [6.07, 6.45) is 4.43. The Hall–Kier alpha value is -1.45. The topological polar surface area (TPSA) is 38.3 Å². The van der Waals surface area contributed by atoms with E-state index in [1.165, 1.54) is 0 Å². The molecule has 0 amide bonds. The van der Waals surface area contributed by atoms with E-state index in [-0.39, 0.29) is 0 Å². The van der Waals surface area contributed by atoms with Crippen molar-refractivity contribution in [2.75, 3.05) is 13.2 Å². The minimum absolute atomic E-state index is 0.567. The van der Waals surface area contributed by atoms with Crippen LogP contribution in [0.15, 0.2) is 36.4 Å². The molecule has 3 heteroatoms. The summed E-state index contributed by atoms with van der Waals surface area (Å²) in [5.41, 5.74) is 0.131. The second-order valence-electron chi connectivity index (χ2n) is 3.43. The number of nitrogens with one attached hydrogen (secondary N) is 1. The third-order valence-corrected chi connectivity index (χ3v) is 2.34. The summed E-state index contributed by atoms with van der Waals surface area (Å²) in [7, 11) is 0. The number of hydrogen-bond donors (Lipinski definition) is 1. The molecule has 0 radical (unpaired) electrons. The minimum atomic E-state index is -0.921. The Labute approximate surface area is 88.8 Å². The van der Waals surface area contributed by atoms with Gasteiger partial charge < -0.3 is 4.74 Å². The molecular weight excluding hydrogens is 190 g/mol. The zero-order valence-electron chi connectivity index (χ0n) is 8.35. The van der Waals surface area contributed by atoms with E-state index in [0.717, 1.165) is 11.8 Å². The van der Waals surface area contributed by atoms with E-state index in [0.29, 0.717) is 13.2 Å². The molecule has 1 aromatic carbocycles. The standard InChI is InChI=1S/C12H13NO2/c14-10-12(13-8-9-15-12)7-6-11-4-2-1-3-5-11/h1-7,10,13H,8-9H2. The Kier molecular flexibility index (Phi) is 2.94. The quantitative estimate of drug-likeness (QED) is 0.750.